The van der Waals surface area contributed by atoms with E-state index in [9.17, 15) is 13.2 Å². The van der Waals surface area contributed by atoms with Crippen molar-refractivity contribution in [1.82, 2.24) is 14.5 Å². The van der Waals surface area contributed by atoms with E-state index in [-0.39, 0.29) is 10.8 Å². The number of piperidine rings is 1. The van der Waals surface area contributed by atoms with Crippen molar-refractivity contribution in [1.29, 1.82) is 0 Å². The lowest BCUT2D eigenvalue weighted by Crippen LogP contribution is -2.40. The Morgan fingerprint density at radius 2 is 1.69 bits per heavy atom. The van der Waals surface area contributed by atoms with Crippen molar-refractivity contribution in [3.63, 3.8) is 0 Å². The highest BCUT2D eigenvalue weighted by molar-refractivity contribution is 7.89. The number of hydrogen-bond acceptors (Lipinski definition) is 4. The molecular formula is C19H31N3O3S. The summed E-state index contributed by atoms with van der Waals surface area (Å²) in [4.78, 5) is 14.3. The minimum absolute atomic E-state index is 0.0665. The Balaban J connectivity index is 2.05. The molecule has 1 aromatic rings. The molecule has 2 rings (SSSR count). The Morgan fingerprint density at radius 1 is 1.12 bits per heavy atom. The second kappa shape index (κ2) is 9.48. The molecule has 0 radical (unpaired) electrons. The molecule has 7 heteroatoms. The maximum absolute atomic E-state index is 12.9. The summed E-state index contributed by atoms with van der Waals surface area (Å²) in [7, 11) is -3.49. The van der Waals surface area contributed by atoms with E-state index < -0.39 is 10.0 Å². The molecule has 1 heterocycles. The molecule has 1 fully saturated rings. The van der Waals surface area contributed by atoms with Crippen molar-refractivity contribution in [3.05, 3.63) is 29.8 Å². The number of benzene rings is 1. The molecule has 6 nitrogen and oxygen atoms in total. The van der Waals surface area contributed by atoms with Gasteiger partial charge in [-0.3, -0.25) is 4.79 Å². The summed E-state index contributed by atoms with van der Waals surface area (Å²) in [5, 5.41) is 3.33. The molecule has 0 spiro atoms. The van der Waals surface area contributed by atoms with E-state index in [0.717, 1.165) is 25.9 Å². The van der Waals surface area contributed by atoms with Gasteiger partial charge in [0, 0.05) is 31.7 Å². The van der Waals surface area contributed by atoms with Gasteiger partial charge in [0.1, 0.15) is 0 Å². The number of carbonyl (C=O) groups excluding carboxylic acids is 1. The van der Waals surface area contributed by atoms with Crippen LogP contribution in [0.25, 0.3) is 0 Å². The van der Waals surface area contributed by atoms with Gasteiger partial charge in [-0.1, -0.05) is 6.92 Å². The Hall–Kier alpha value is -1.44. The normalized spacial score (nSPS) is 16.6. The van der Waals surface area contributed by atoms with Crippen LogP contribution in [0.5, 0.6) is 0 Å². The Kier molecular flexibility index (Phi) is 7.61. The summed E-state index contributed by atoms with van der Waals surface area (Å²) < 4.78 is 27.3. The van der Waals surface area contributed by atoms with Crippen molar-refractivity contribution in [2.24, 2.45) is 5.92 Å². The zero-order valence-corrected chi connectivity index (χ0v) is 16.9. The standard InChI is InChI=1S/C19H31N3O3S/c1-4-20-15-16-11-13-22(14-12-16)26(24,25)18-9-7-17(8-10-18)19(23)21(5-2)6-3/h7-10,16,20H,4-6,11-15H2,1-3H3. The molecule has 146 valence electrons. The molecule has 26 heavy (non-hydrogen) atoms. The van der Waals surface area contributed by atoms with E-state index in [1.165, 1.54) is 0 Å². The largest absolute Gasteiger partial charge is 0.339 e. The average Bonchev–Trinajstić information content (AvgIpc) is 2.67. The van der Waals surface area contributed by atoms with E-state index in [1.807, 2.05) is 13.8 Å². The smallest absolute Gasteiger partial charge is 0.253 e. The van der Waals surface area contributed by atoms with Gasteiger partial charge >= 0.3 is 0 Å². The van der Waals surface area contributed by atoms with Gasteiger partial charge in [0.15, 0.2) is 0 Å². The fraction of sp³-hybridized carbons (Fsp3) is 0.632. The number of nitrogens with one attached hydrogen (secondary N) is 1. The number of sulfonamides is 1. The number of rotatable bonds is 8. The average molecular weight is 382 g/mol. The predicted molar refractivity (Wildman–Crippen MR) is 104 cm³/mol. The lowest BCUT2D eigenvalue weighted by atomic mass is 9.98. The molecule has 0 bridgehead atoms. The minimum atomic E-state index is -3.49. The SMILES string of the molecule is CCNCC1CCN(S(=O)(=O)c2ccc(C(=O)N(CC)CC)cc2)CC1. The summed E-state index contributed by atoms with van der Waals surface area (Å²) in [5.74, 6) is 0.471. The van der Waals surface area contributed by atoms with Crippen LogP contribution in [0.4, 0.5) is 0 Å². The van der Waals surface area contributed by atoms with E-state index >= 15 is 0 Å². The van der Waals surface area contributed by atoms with E-state index in [2.05, 4.69) is 12.2 Å². The highest BCUT2D eigenvalue weighted by atomic mass is 32.2. The van der Waals surface area contributed by atoms with Crippen LogP contribution in [0.15, 0.2) is 29.2 Å². The lowest BCUT2D eigenvalue weighted by molar-refractivity contribution is 0.0773. The second-order valence-electron chi connectivity index (χ2n) is 6.66. The Morgan fingerprint density at radius 3 is 2.19 bits per heavy atom. The van der Waals surface area contributed by atoms with Crippen LogP contribution in [0.2, 0.25) is 0 Å². The summed E-state index contributed by atoms with van der Waals surface area (Å²) >= 11 is 0. The topological polar surface area (TPSA) is 69.7 Å². The zero-order chi connectivity index (χ0) is 19.2. The Bertz CT molecular complexity index is 676. The molecule has 1 amide bonds. The third-order valence-corrected chi connectivity index (χ3v) is 6.96. The molecule has 0 atom stereocenters. The summed E-state index contributed by atoms with van der Waals surface area (Å²) in [6.45, 7) is 10.2. The van der Waals surface area contributed by atoms with E-state index in [1.54, 1.807) is 33.5 Å². The molecule has 1 aliphatic heterocycles. The van der Waals surface area contributed by atoms with Crippen LogP contribution >= 0.6 is 0 Å². The van der Waals surface area contributed by atoms with Crippen LogP contribution in [-0.4, -0.2) is 62.8 Å². The van der Waals surface area contributed by atoms with Crippen molar-refractivity contribution >= 4 is 15.9 Å². The van der Waals surface area contributed by atoms with Crippen LogP contribution in [0.3, 0.4) is 0 Å². The van der Waals surface area contributed by atoms with Gasteiger partial charge < -0.3 is 10.2 Å². The van der Waals surface area contributed by atoms with Crippen LogP contribution in [-0.2, 0) is 10.0 Å². The fourth-order valence-corrected chi connectivity index (χ4v) is 4.78. The highest BCUT2D eigenvalue weighted by Crippen LogP contribution is 2.24. The fourth-order valence-electron chi connectivity index (χ4n) is 3.31. The third kappa shape index (κ3) is 4.84. The van der Waals surface area contributed by atoms with Crippen molar-refractivity contribution in [2.45, 2.75) is 38.5 Å². The first-order chi connectivity index (χ1) is 12.4. The zero-order valence-electron chi connectivity index (χ0n) is 16.1. The van der Waals surface area contributed by atoms with E-state index in [0.29, 0.717) is 37.7 Å². The first-order valence-electron chi connectivity index (χ1n) is 9.54. The van der Waals surface area contributed by atoms with Gasteiger partial charge in [-0.15, -0.1) is 0 Å². The number of hydrogen-bond donors (Lipinski definition) is 1. The number of amides is 1. The molecular weight excluding hydrogens is 350 g/mol. The molecule has 0 unspecified atom stereocenters. The molecule has 1 saturated heterocycles. The molecule has 0 saturated carbocycles. The second-order valence-corrected chi connectivity index (χ2v) is 8.59. The Labute approximate surface area is 157 Å². The van der Waals surface area contributed by atoms with Crippen molar-refractivity contribution in [3.8, 4) is 0 Å². The first kappa shape index (κ1) is 20.9. The molecule has 0 aliphatic carbocycles. The highest BCUT2D eigenvalue weighted by Gasteiger charge is 2.29. The third-order valence-electron chi connectivity index (χ3n) is 5.05. The van der Waals surface area contributed by atoms with Gasteiger partial charge in [0.05, 0.1) is 4.90 Å². The maximum atomic E-state index is 12.9. The monoisotopic (exact) mass is 381 g/mol. The van der Waals surface area contributed by atoms with Crippen molar-refractivity contribution < 1.29 is 13.2 Å². The van der Waals surface area contributed by atoms with Gasteiger partial charge in [0.2, 0.25) is 10.0 Å². The minimum Gasteiger partial charge on any atom is -0.339 e. The molecule has 1 aliphatic rings. The maximum Gasteiger partial charge on any atom is 0.253 e. The van der Waals surface area contributed by atoms with Gasteiger partial charge in [-0.2, -0.15) is 4.31 Å². The summed E-state index contributed by atoms with van der Waals surface area (Å²) in [6.07, 6.45) is 1.76. The van der Waals surface area contributed by atoms with Gasteiger partial charge in [0.25, 0.3) is 5.91 Å². The number of carbonyl (C=O) groups is 1. The van der Waals surface area contributed by atoms with Crippen LogP contribution in [0, 0.1) is 5.92 Å². The van der Waals surface area contributed by atoms with Gasteiger partial charge in [-0.05, 0) is 70.0 Å². The lowest BCUT2D eigenvalue weighted by Gasteiger charge is -2.31. The van der Waals surface area contributed by atoms with E-state index in [4.69, 9.17) is 0 Å². The molecule has 0 aromatic heterocycles. The van der Waals surface area contributed by atoms with Crippen molar-refractivity contribution in [2.75, 3.05) is 39.3 Å². The quantitative estimate of drug-likeness (QED) is 0.749. The first-order valence-corrected chi connectivity index (χ1v) is 11.0. The predicted octanol–water partition coefficient (Wildman–Crippen LogP) is 2.18. The number of nitrogens with zero attached hydrogens (tertiary/aromatic N) is 2. The van der Waals surface area contributed by atoms with Crippen LogP contribution in [0.1, 0.15) is 44.0 Å². The summed E-state index contributed by atoms with van der Waals surface area (Å²) in [5.41, 5.74) is 0.525. The molecule has 1 aromatic carbocycles. The van der Waals surface area contributed by atoms with Crippen LogP contribution < -0.4 is 5.32 Å². The molecule has 1 N–H and O–H groups in total. The summed E-state index contributed by atoms with van der Waals surface area (Å²) in [6, 6.07) is 6.34. The van der Waals surface area contributed by atoms with Gasteiger partial charge in [-0.25, -0.2) is 8.42 Å².